The molecule has 1 heterocycles. The van der Waals surface area contributed by atoms with Crippen LogP contribution in [0.25, 0.3) is 0 Å². The Bertz CT molecular complexity index is 821. The molecular formula is C31H53NO5. The van der Waals surface area contributed by atoms with E-state index in [0.29, 0.717) is 61.1 Å². The van der Waals surface area contributed by atoms with Crippen molar-refractivity contribution in [2.75, 3.05) is 26.3 Å². The zero-order valence-electron chi connectivity index (χ0n) is 23.8. The van der Waals surface area contributed by atoms with E-state index >= 15 is 0 Å². The standard InChI is InChI=1S/C31H53NO5/c1-5-22-26-16-21(34)8-12-31(26,4)25-9-13-30(3)23(6-7-24(30)27(25)28(22)35)19(2)11-15-37-29(36)32-14-10-20(17-32)18-33/h19-28,33-35H,5-18H2,1-4H3/t19-,20-,21-,22-,23-,24+,25+,26+,27+,28-,30-,31-/m1/s1. The maximum atomic E-state index is 12.5. The number of amides is 1. The van der Waals surface area contributed by atoms with Crippen LogP contribution in [0.15, 0.2) is 0 Å². The SMILES string of the molecule is CC[C@H]1[C@@H](O)[C@@H]2[C@H](CC[C@]3(C)[C@@H]([C@H](C)CCOC(=O)N4CC[C@@H](CO)C4)CC[C@@H]23)[C@@]2(C)CC[C@@H](O)C[C@@H]12. The van der Waals surface area contributed by atoms with Gasteiger partial charge in [0, 0.05) is 25.6 Å². The molecule has 0 radical (unpaired) electrons. The predicted octanol–water partition coefficient (Wildman–Crippen LogP) is 5.09. The number of fused-ring (bicyclic) bond motifs is 5. The minimum atomic E-state index is -0.249. The fourth-order valence-corrected chi connectivity index (χ4v) is 10.7. The molecule has 0 aromatic carbocycles. The lowest BCUT2D eigenvalue weighted by Gasteiger charge is -2.64. The van der Waals surface area contributed by atoms with Crippen molar-refractivity contribution in [2.45, 2.75) is 104 Å². The first-order chi connectivity index (χ1) is 17.6. The Kier molecular flexibility index (Phi) is 7.95. The fourth-order valence-electron chi connectivity index (χ4n) is 10.7. The molecule has 5 aliphatic rings. The Morgan fingerprint density at radius 3 is 2.46 bits per heavy atom. The van der Waals surface area contributed by atoms with E-state index in [4.69, 9.17) is 4.74 Å². The molecule has 4 saturated carbocycles. The van der Waals surface area contributed by atoms with Crippen molar-refractivity contribution >= 4 is 6.09 Å². The summed E-state index contributed by atoms with van der Waals surface area (Å²) in [5.41, 5.74) is 0.484. The molecule has 6 nitrogen and oxygen atoms in total. The van der Waals surface area contributed by atoms with Gasteiger partial charge < -0.3 is 25.0 Å². The highest BCUT2D eigenvalue weighted by Gasteiger charge is 2.64. The van der Waals surface area contributed by atoms with E-state index < -0.39 is 0 Å². The minimum Gasteiger partial charge on any atom is -0.449 e. The Hall–Kier alpha value is -0.850. The van der Waals surface area contributed by atoms with Crippen molar-refractivity contribution in [3.05, 3.63) is 0 Å². The van der Waals surface area contributed by atoms with Gasteiger partial charge in [0.15, 0.2) is 0 Å². The summed E-state index contributed by atoms with van der Waals surface area (Å²) in [5.74, 6) is 3.54. The normalized spacial score (nSPS) is 48.2. The third-order valence-corrected chi connectivity index (χ3v) is 12.8. The number of aliphatic hydroxyl groups excluding tert-OH is 3. The third-order valence-electron chi connectivity index (χ3n) is 12.8. The Morgan fingerprint density at radius 1 is 1.03 bits per heavy atom. The van der Waals surface area contributed by atoms with Crippen LogP contribution in [-0.4, -0.2) is 64.8 Å². The van der Waals surface area contributed by atoms with E-state index in [1.165, 1.54) is 25.7 Å². The van der Waals surface area contributed by atoms with Crippen LogP contribution in [-0.2, 0) is 4.74 Å². The first-order valence-corrected chi connectivity index (χ1v) is 15.5. The van der Waals surface area contributed by atoms with Crippen LogP contribution in [0.2, 0.25) is 0 Å². The Labute approximate surface area is 224 Å². The van der Waals surface area contributed by atoms with Gasteiger partial charge in [-0.2, -0.15) is 0 Å². The molecule has 0 aromatic heterocycles. The molecule has 0 bridgehead atoms. The van der Waals surface area contributed by atoms with Crippen molar-refractivity contribution in [1.82, 2.24) is 4.90 Å². The molecular weight excluding hydrogens is 466 g/mol. The molecule has 37 heavy (non-hydrogen) atoms. The predicted molar refractivity (Wildman–Crippen MR) is 144 cm³/mol. The highest BCUT2D eigenvalue weighted by atomic mass is 16.6. The van der Waals surface area contributed by atoms with Crippen LogP contribution in [0, 0.1) is 58.2 Å². The Balaban J connectivity index is 1.24. The van der Waals surface area contributed by atoms with E-state index in [2.05, 4.69) is 27.7 Å². The van der Waals surface area contributed by atoms with Crippen LogP contribution in [0.3, 0.4) is 0 Å². The van der Waals surface area contributed by atoms with Crippen LogP contribution >= 0.6 is 0 Å². The van der Waals surface area contributed by atoms with E-state index in [9.17, 15) is 20.1 Å². The van der Waals surface area contributed by atoms with Gasteiger partial charge in [0.2, 0.25) is 0 Å². The maximum absolute atomic E-state index is 12.5. The molecule has 212 valence electrons. The van der Waals surface area contributed by atoms with E-state index in [-0.39, 0.29) is 41.7 Å². The van der Waals surface area contributed by atoms with Crippen molar-refractivity contribution in [1.29, 1.82) is 0 Å². The van der Waals surface area contributed by atoms with Gasteiger partial charge >= 0.3 is 6.09 Å². The zero-order chi connectivity index (χ0) is 26.5. The van der Waals surface area contributed by atoms with Crippen LogP contribution < -0.4 is 0 Å². The highest BCUT2D eigenvalue weighted by Crippen LogP contribution is 2.69. The summed E-state index contributed by atoms with van der Waals surface area (Å²) in [6.45, 7) is 11.5. The molecule has 1 amide bonds. The van der Waals surface area contributed by atoms with Crippen LogP contribution in [0.4, 0.5) is 4.79 Å². The summed E-state index contributed by atoms with van der Waals surface area (Å²) < 4.78 is 5.68. The molecule has 0 aromatic rings. The summed E-state index contributed by atoms with van der Waals surface area (Å²) in [6, 6.07) is 0. The number of nitrogens with zero attached hydrogens (tertiary/aromatic N) is 1. The highest BCUT2D eigenvalue weighted by molar-refractivity contribution is 5.67. The van der Waals surface area contributed by atoms with E-state index in [0.717, 1.165) is 38.5 Å². The summed E-state index contributed by atoms with van der Waals surface area (Å²) >= 11 is 0. The smallest absolute Gasteiger partial charge is 0.409 e. The van der Waals surface area contributed by atoms with Gasteiger partial charge in [-0.25, -0.2) is 4.79 Å². The van der Waals surface area contributed by atoms with Crippen LogP contribution in [0.1, 0.15) is 91.9 Å². The van der Waals surface area contributed by atoms with Crippen molar-refractivity contribution in [3.8, 4) is 0 Å². The third kappa shape index (κ3) is 4.65. The maximum Gasteiger partial charge on any atom is 0.409 e. The van der Waals surface area contributed by atoms with Crippen LogP contribution in [0.5, 0.6) is 0 Å². The molecule has 1 saturated heterocycles. The molecule has 3 N–H and O–H groups in total. The second-order valence-corrected chi connectivity index (χ2v) is 14.3. The van der Waals surface area contributed by atoms with Gasteiger partial charge in [-0.3, -0.25) is 0 Å². The number of ether oxygens (including phenoxy) is 1. The van der Waals surface area contributed by atoms with Crippen molar-refractivity contribution < 1.29 is 24.9 Å². The molecule has 5 rings (SSSR count). The molecule has 0 spiro atoms. The number of carbonyl (C=O) groups is 1. The van der Waals surface area contributed by atoms with Gasteiger partial charge in [0.25, 0.3) is 0 Å². The molecule has 4 aliphatic carbocycles. The summed E-state index contributed by atoms with van der Waals surface area (Å²) in [4.78, 5) is 14.2. The second-order valence-electron chi connectivity index (χ2n) is 14.3. The second kappa shape index (κ2) is 10.6. The zero-order valence-corrected chi connectivity index (χ0v) is 23.8. The number of hydrogen-bond acceptors (Lipinski definition) is 5. The minimum absolute atomic E-state index is 0.138. The van der Waals surface area contributed by atoms with Gasteiger partial charge in [-0.05, 0) is 110 Å². The first-order valence-electron chi connectivity index (χ1n) is 15.5. The lowest BCUT2D eigenvalue weighted by atomic mass is 9.41. The number of rotatable bonds is 6. The number of aliphatic hydroxyl groups is 3. The number of hydrogen-bond donors (Lipinski definition) is 3. The first kappa shape index (κ1) is 27.7. The van der Waals surface area contributed by atoms with E-state index in [1.54, 1.807) is 4.90 Å². The topological polar surface area (TPSA) is 90.2 Å². The average molecular weight is 520 g/mol. The van der Waals surface area contributed by atoms with E-state index in [1.807, 2.05) is 0 Å². The van der Waals surface area contributed by atoms with Crippen molar-refractivity contribution in [3.63, 3.8) is 0 Å². The van der Waals surface area contributed by atoms with Crippen molar-refractivity contribution in [2.24, 2.45) is 58.2 Å². The molecule has 6 heteroatoms. The van der Waals surface area contributed by atoms with Gasteiger partial charge in [-0.15, -0.1) is 0 Å². The van der Waals surface area contributed by atoms with Gasteiger partial charge in [-0.1, -0.05) is 34.1 Å². The quantitative estimate of drug-likeness (QED) is 0.455. The van der Waals surface area contributed by atoms with Gasteiger partial charge in [0.1, 0.15) is 0 Å². The fraction of sp³-hybridized carbons (Fsp3) is 0.968. The largest absolute Gasteiger partial charge is 0.449 e. The van der Waals surface area contributed by atoms with Gasteiger partial charge in [0.05, 0.1) is 18.8 Å². The monoisotopic (exact) mass is 519 g/mol. The average Bonchev–Trinajstić information content (AvgIpc) is 3.50. The summed E-state index contributed by atoms with van der Waals surface area (Å²) in [7, 11) is 0. The number of carbonyl (C=O) groups excluding carboxylic acids is 1. The number of likely N-dealkylation sites (tertiary alicyclic amines) is 1. The Morgan fingerprint density at radius 2 is 1.76 bits per heavy atom. The lowest BCUT2D eigenvalue weighted by Crippen LogP contribution is -2.62. The molecule has 0 unspecified atom stereocenters. The molecule has 5 fully saturated rings. The lowest BCUT2D eigenvalue weighted by molar-refractivity contribution is -0.203. The molecule has 1 aliphatic heterocycles. The summed E-state index contributed by atoms with van der Waals surface area (Å²) in [5, 5.41) is 31.7. The summed E-state index contributed by atoms with van der Waals surface area (Å²) in [6.07, 6.45) is 9.83. The molecule has 12 atom stereocenters.